The Balaban J connectivity index is 1.59. The molecule has 1 atom stereocenters. The van der Waals surface area contributed by atoms with Crippen LogP contribution in [-0.4, -0.2) is 31.7 Å². The number of urea groups is 1. The van der Waals surface area contributed by atoms with E-state index in [2.05, 4.69) is 15.4 Å². The Morgan fingerprint density at radius 1 is 1.24 bits per heavy atom. The number of aromatic nitrogens is 3. The van der Waals surface area contributed by atoms with Gasteiger partial charge in [0.1, 0.15) is 5.82 Å². The number of rotatable bonds is 2. The Bertz CT molecular complexity index is 1060. The standard InChI is InChI=1S/C19H15ClF3N5O/c1-10-8-28-17(13(7-25-28)16-3-2-11(21)6-24-16)9-27(10)19(29)26-12-4-14(20)18(23)15(22)5-12/h2-7,10H,8-9H2,1H3,(H,26,29). The van der Waals surface area contributed by atoms with Crippen molar-refractivity contribution in [2.24, 2.45) is 0 Å². The van der Waals surface area contributed by atoms with Crippen molar-refractivity contribution in [1.29, 1.82) is 0 Å². The molecule has 150 valence electrons. The summed E-state index contributed by atoms with van der Waals surface area (Å²) in [6.45, 7) is 2.49. The topological polar surface area (TPSA) is 63.1 Å². The van der Waals surface area contributed by atoms with Gasteiger partial charge in [-0.05, 0) is 25.1 Å². The molecule has 0 saturated heterocycles. The molecule has 1 unspecified atom stereocenters. The van der Waals surface area contributed by atoms with Crippen LogP contribution in [0.5, 0.6) is 0 Å². The van der Waals surface area contributed by atoms with Crippen LogP contribution in [0.2, 0.25) is 5.02 Å². The Kier molecular flexibility index (Phi) is 4.91. The van der Waals surface area contributed by atoms with Gasteiger partial charge in [-0.2, -0.15) is 5.10 Å². The summed E-state index contributed by atoms with van der Waals surface area (Å²) in [6, 6.07) is 4.15. The van der Waals surface area contributed by atoms with E-state index in [9.17, 15) is 18.0 Å². The van der Waals surface area contributed by atoms with Crippen molar-refractivity contribution < 1.29 is 18.0 Å². The zero-order valence-electron chi connectivity index (χ0n) is 15.2. The lowest BCUT2D eigenvalue weighted by Gasteiger charge is -2.34. The van der Waals surface area contributed by atoms with Crippen LogP contribution in [0.4, 0.5) is 23.7 Å². The summed E-state index contributed by atoms with van der Waals surface area (Å²) in [6.07, 6.45) is 2.74. The zero-order valence-corrected chi connectivity index (χ0v) is 15.9. The fourth-order valence-electron chi connectivity index (χ4n) is 3.24. The van der Waals surface area contributed by atoms with Crippen LogP contribution in [0.3, 0.4) is 0 Å². The smallest absolute Gasteiger partial charge is 0.314 e. The number of hydrogen-bond acceptors (Lipinski definition) is 3. The number of benzene rings is 1. The zero-order chi connectivity index (χ0) is 20.7. The number of carbonyl (C=O) groups is 1. The highest BCUT2D eigenvalue weighted by Crippen LogP contribution is 2.28. The van der Waals surface area contributed by atoms with E-state index in [1.807, 2.05) is 6.92 Å². The summed E-state index contributed by atoms with van der Waals surface area (Å²) in [4.78, 5) is 18.4. The molecule has 29 heavy (non-hydrogen) atoms. The van der Waals surface area contributed by atoms with Crippen molar-refractivity contribution in [2.75, 3.05) is 5.32 Å². The molecular weight excluding hydrogens is 407 g/mol. The molecule has 10 heteroatoms. The first-order valence-electron chi connectivity index (χ1n) is 8.72. The SMILES string of the molecule is CC1Cn2ncc(-c3ccc(F)cn3)c2CN1C(=O)Nc1cc(F)c(F)c(Cl)c1. The largest absolute Gasteiger partial charge is 0.322 e. The van der Waals surface area contributed by atoms with Crippen LogP contribution in [0, 0.1) is 17.5 Å². The quantitative estimate of drug-likeness (QED) is 0.622. The molecule has 1 N–H and O–H groups in total. The van der Waals surface area contributed by atoms with E-state index in [0.717, 1.165) is 24.0 Å². The summed E-state index contributed by atoms with van der Waals surface area (Å²) in [5, 5.41) is 6.45. The van der Waals surface area contributed by atoms with Gasteiger partial charge in [0.2, 0.25) is 0 Å². The summed E-state index contributed by atoms with van der Waals surface area (Å²) in [7, 11) is 0. The Morgan fingerprint density at radius 2 is 2.03 bits per heavy atom. The van der Waals surface area contributed by atoms with Gasteiger partial charge < -0.3 is 10.2 Å². The molecule has 2 aromatic heterocycles. The summed E-state index contributed by atoms with van der Waals surface area (Å²) in [5.74, 6) is -2.77. The normalized spacial score (nSPS) is 15.9. The number of nitrogens with zero attached hydrogens (tertiary/aromatic N) is 4. The second-order valence-electron chi connectivity index (χ2n) is 6.71. The number of hydrogen-bond donors (Lipinski definition) is 1. The summed E-state index contributed by atoms with van der Waals surface area (Å²) in [5.41, 5.74) is 2.01. The third kappa shape index (κ3) is 3.65. The molecule has 3 heterocycles. The highest BCUT2D eigenvalue weighted by Gasteiger charge is 2.30. The van der Waals surface area contributed by atoms with Gasteiger partial charge in [0.05, 0.1) is 47.9 Å². The average molecular weight is 422 g/mol. The number of fused-ring (bicyclic) bond motifs is 1. The number of anilines is 1. The van der Waals surface area contributed by atoms with Crippen molar-refractivity contribution in [2.45, 2.75) is 26.1 Å². The van der Waals surface area contributed by atoms with Gasteiger partial charge in [-0.25, -0.2) is 18.0 Å². The van der Waals surface area contributed by atoms with Crippen LogP contribution in [0.25, 0.3) is 11.3 Å². The predicted octanol–water partition coefficient (Wildman–Crippen LogP) is 4.45. The minimum atomic E-state index is -1.17. The molecule has 3 aromatic rings. The maximum atomic E-state index is 13.6. The van der Waals surface area contributed by atoms with Gasteiger partial charge in [-0.1, -0.05) is 11.6 Å². The summed E-state index contributed by atoms with van der Waals surface area (Å²) < 4.78 is 41.9. The molecule has 0 fully saturated rings. The maximum absolute atomic E-state index is 13.6. The Hall–Kier alpha value is -3.07. The highest BCUT2D eigenvalue weighted by molar-refractivity contribution is 6.31. The number of nitrogens with one attached hydrogen (secondary N) is 1. The van der Waals surface area contributed by atoms with Gasteiger partial charge >= 0.3 is 6.03 Å². The van der Waals surface area contributed by atoms with Crippen molar-refractivity contribution in [1.82, 2.24) is 19.7 Å². The Morgan fingerprint density at radius 3 is 2.72 bits per heavy atom. The molecule has 1 aliphatic heterocycles. The molecular formula is C19H15ClF3N5O. The maximum Gasteiger partial charge on any atom is 0.322 e. The molecule has 0 saturated carbocycles. The lowest BCUT2D eigenvalue weighted by molar-refractivity contribution is 0.162. The van der Waals surface area contributed by atoms with E-state index < -0.39 is 28.5 Å². The molecule has 0 aliphatic carbocycles. The van der Waals surface area contributed by atoms with Crippen molar-refractivity contribution in [3.63, 3.8) is 0 Å². The van der Waals surface area contributed by atoms with E-state index in [-0.39, 0.29) is 18.3 Å². The first kappa shape index (κ1) is 19.3. The lowest BCUT2D eigenvalue weighted by atomic mass is 10.1. The van der Waals surface area contributed by atoms with Gasteiger partial charge in [0.25, 0.3) is 0 Å². The van der Waals surface area contributed by atoms with Gasteiger partial charge in [0, 0.05) is 17.3 Å². The first-order valence-corrected chi connectivity index (χ1v) is 9.10. The minimum absolute atomic E-state index is 0.0469. The van der Waals surface area contributed by atoms with Gasteiger partial charge in [0.15, 0.2) is 11.6 Å². The third-order valence-electron chi connectivity index (χ3n) is 4.74. The van der Waals surface area contributed by atoms with E-state index in [1.54, 1.807) is 21.8 Å². The lowest BCUT2D eigenvalue weighted by Crippen LogP contribution is -2.47. The van der Waals surface area contributed by atoms with Gasteiger partial charge in [-0.3, -0.25) is 9.67 Å². The highest BCUT2D eigenvalue weighted by atomic mass is 35.5. The molecule has 4 rings (SSSR count). The third-order valence-corrected chi connectivity index (χ3v) is 5.01. The van der Waals surface area contributed by atoms with Crippen LogP contribution in [0.15, 0.2) is 36.7 Å². The number of halogens is 4. The van der Waals surface area contributed by atoms with Crippen LogP contribution >= 0.6 is 11.6 Å². The molecule has 0 bridgehead atoms. The molecule has 0 spiro atoms. The van der Waals surface area contributed by atoms with Crippen molar-refractivity contribution in [3.05, 3.63) is 64.8 Å². The average Bonchev–Trinajstić information content (AvgIpc) is 3.08. The van der Waals surface area contributed by atoms with Crippen LogP contribution in [-0.2, 0) is 13.1 Å². The molecule has 2 amide bonds. The molecule has 1 aromatic carbocycles. The van der Waals surface area contributed by atoms with Crippen molar-refractivity contribution in [3.8, 4) is 11.3 Å². The molecule has 6 nitrogen and oxygen atoms in total. The van der Waals surface area contributed by atoms with E-state index >= 15 is 0 Å². The first-order chi connectivity index (χ1) is 13.8. The fourth-order valence-corrected chi connectivity index (χ4v) is 3.45. The molecule has 0 radical (unpaired) electrons. The second kappa shape index (κ2) is 7.40. The predicted molar refractivity (Wildman–Crippen MR) is 101 cm³/mol. The van der Waals surface area contributed by atoms with Crippen LogP contribution < -0.4 is 5.32 Å². The van der Waals surface area contributed by atoms with E-state index in [1.165, 1.54) is 6.07 Å². The number of pyridine rings is 1. The summed E-state index contributed by atoms with van der Waals surface area (Å²) >= 11 is 5.64. The van der Waals surface area contributed by atoms with Gasteiger partial charge in [-0.15, -0.1) is 0 Å². The van der Waals surface area contributed by atoms with E-state index in [0.29, 0.717) is 17.8 Å². The minimum Gasteiger partial charge on any atom is -0.314 e. The van der Waals surface area contributed by atoms with Crippen molar-refractivity contribution >= 4 is 23.3 Å². The number of carbonyl (C=O) groups excluding carboxylic acids is 1. The molecule has 1 aliphatic rings. The van der Waals surface area contributed by atoms with E-state index in [4.69, 9.17) is 11.6 Å². The Labute approximate surface area is 168 Å². The van der Waals surface area contributed by atoms with Crippen LogP contribution in [0.1, 0.15) is 12.6 Å². The fraction of sp³-hybridized carbons (Fsp3) is 0.211. The number of amides is 2. The monoisotopic (exact) mass is 421 g/mol. The second-order valence-corrected chi connectivity index (χ2v) is 7.12.